The zero-order valence-corrected chi connectivity index (χ0v) is 29.3. The van der Waals surface area contributed by atoms with E-state index in [0.717, 1.165) is 37.8 Å². The summed E-state index contributed by atoms with van der Waals surface area (Å²) in [6.45, 7) is 7.25. The molecule has 1 amide bonds. The third-order valence-corrected chi connectivity index (χ3v) is 13.8. The second kappa shape index (κ2) is 12.9. The summed E-state index contributed by atoms with van der Waals surface area (Å²) in [6.07, 6.45) is 5.56. The predicted molar refractivity (Wildman–Crippen MR) is 182 cm³/mol. The number of methoxy groups -OCH3 is 1. The Morgan fingerprint density at radius 1 is 1.17 bits per heavy atom. The van der Waals surface area contributed by atoms with Gasteiger partial charge in [-0.15, -0.1) is 0 Å². The number of sulfonamides is 1. The van der Waals surface area contributed by atoms with E-state index >= 15 is 0 Å². The number of anilines is 1. The van der Waals surface area contributed by atoms with Gasteiger partial charge in [-0.25, -0.2) is 13.1 Å². The van der Waals surface area contributed by atoms with E-state index in [4.69, 9.17) is 21.1 Å². The average molecular weight is 687 g/mol. The molecule has 4 aliphatic rings. The number of fused-ring (bicyclic) bond motifs is 4. The van der Waals surface area contributed by atoms with Gasteiger partial charge in [0.15, 0.2) is 0 Å². The molecule has 2 heterocycles. The Kier molecular flexibility index (Phi) is 9.35. The Bertz CT molecular complexity index is 1650. The summed E-state index contributed by atoms with van der Waals surface area (Å²) in [4.78, 5) is 28.2. The number of nitrogens with one attached hydrogen (secondary N) is 1. The minimum absolute atomic E-state index is 0.00270. The molecular formula is C36H47ClN2O7S. The summed E-state index contributed by atoms with van der Waals surface area (Å²) in [5, 5.41) is 9.99. The van der Waals surface area contributed by atoms with Crippen LogP contribution in [-0.4, -0.2) is 63.1 Å². The highest BCUT2D eigenvalue weighted by molar-refractivity contribution is 7.90. The van der Waals surface area contributed by atoms with Crippen LogP contribution >= 0.6 is 11.6 Å². The first kappa shape index (κ1) is 34.1. The van der Waals surface area contributed by atoms with Crippen LogP contribution in [0.4, 0.5) is 5.69 Å². The molecule has 2 aliphatic heterocycles. The smallest absolute Gasteiger partial charge is 0.306 e. The van der Waals surface area contributed by atoms with Gasteiger partial charge >= 0.3 is 5.97 Å². The summed E-state index contributed by atoms with van der Waals surface area (Å²) in [7, 11) is -2.38. The van der Waals surface area contributed by atoms with Crippen LogP contribution in [0.5, 0.6) is 5.75 Å². The summed E-state index contributed by atoms with van der Waals surface area (Å²) < 4.78 is 42.1. The molecule has 1 saturated carbocycles. The maximum Gasteiger partial charge on any atom is 0.306 e. The summed E-state index contributed by atoms with van der Waals surface area (Å²) in [5.74, 6) is -1.06. The van der Waals surface area contributed by atoms with Gasteiger partial charge < -0.3 is 19.5 Å². The molecule has 6 rings (SSSR count). The maximum absolute atomic E-state index is 13.5. The standard InChI is InChI=1S/C36H47ClN2O7S/c1-22-14-23(2)24(3)47(43,44)38-34(42)26-8-12-32-31(16-26)39(19-27-7-10-30(27)36(17-22,45-4)18-33(40)41)20-35(21-46-32)13-5-6-25-15-28(37)9-11-29(25)35/h8-9,11-12,15-16,22-24,27,30H,5-7,10,13-14,17-21H2,1-4H3,(H,38,42)(H,40,41)/t22?,23-,24+,27-,30+,35-,36+/m0/s1. The molecule has 0 radical (unpaired) electrons. The van der Waals surface area contributed by atoms with Gasteiger partial charge in [0.2, 0.25) is 10.0 Å². The second-order valence-corrected chi connectivity index (χ2v) is 17.2. The number of carboxylic acid groups (broad SMARTS) is 1. The molecule has 7 atom stereocenters. The van der Waals surface area contributed by atoms with Crippen LogP contribution in [0.25, 0.3) is 0 Å². The lowest BCUT2D eigenvalue weighted by Gasteiger charge is -2.52. The molecule has 2 bridgehead atoms. The Balaban J connectivity index is 1.47. The lowest BCUT2D eigenvalue weighted by molar-refractivity contribution is -0.160. The monoisotopic (exact) mass is 686 g/mol. The maximum atomic E-state index is 13.5. The first-order valence-corrected chi connectivity index (χ1v) is 18.8. The molecule has 0 saturated heterocycles. The van der Waals surface area contributed by atoms with Crippen molar-refractivity contribution in [3.8, 4) is 5.75 Å². The number of carbonyl (C=O) groups is 2. The fourth-order valence-electron chi connectivity index (χ4n) is 9.02. The number of rotatable bonds is 3. The topological polar surface area (TPSA) is 122 Å². The molecule has 0 aromatic heterocycles. The van der Waals surface area contributed by atoms with Crippen LogP contribution in [0.2, 0.25) is 5.02 Å². The van der Waals surface area contributed by atoms with Gasteiger partial charge in [-0.3, -0.25) is 9.59 Å². The van der Waals surface area contributed by atoms with Crippen molar-refractivity contribution in [1.29, 1.82) is 0 Å². The molecular weight excluding hydrogens is 640 g/mol. The van der Waals surface area contributed by atoms with Crippen molar-refractivity contribution in [1.82, 2.24) is 4.72 Å². The van der Waals surface area contributed by atoms with E-state index in [9.17, 15) is 23.1 Å². The molecule has 256 valence electrons. The van der Waals surface area contributed by atoms with E-state index in [0.29, 0.717) is 43.3 Å². The molecule has 9 nitrogen and oxygen atoms in total. The number of carboxylic acids is 1. The molecule has 1 fully saturated rings. The fraction of sp³-hybridized carbons (Fsp3) is 0.611. The van der Waals surface area contributed by atoms with Gasteiger partial charge in [-0.1, -0.05) is 31.5 Å². The van der Waals surface area contributed by atoms with Crippen LogP contribution in [0.15, 0.2) is 36.4 Å². The number of amides is 1. The van der Waals surface area contributed by atoms with Crippen molar-refractivity contribution < 1.29 is 32.6 Å². The lowest BCUT2D eigenvalue weighted by Crippen LogP contribution is -2.55. The summed E-state index contributed by atoms with van der Waals surface area (Å²) in [6, 6.07) is 11.3. The van der Waals surface area contributed by atoms with E-state index in [2.05, 4.69) is 21.8 Å². The van der Waals surface area contributed by atoms with Crippen molar-refractivity contribution >= 4 is 39.2 Å². The van der Waals surface area contributed by atoms with Gasteiger partial charge in [-0.2, -0.15) is 0 Å². The zero-order valence-electron chi connectivity index (χ0n) is 27.8. The van der Waals surface area contributed by atoms with Crippen LogP contribution in [0, 0.1) is 23.7 Å². The number of aryl methyl sites for hydroxylation is 1. The molecule has 11 heteroatoms. The minimum atomic E-state index is -4.00. The van der Waals surface area contributed by atoms with Crippen LogP contribution in [0.1, 0.15) is 87.2 Å². The number of benzene rings is 2. The number of aliphatic carboxylic acids is 1. The van der Waals surface area contributed by atoms with E-state index in [1.165, 1.54) is 11.1 Å². The van der Waals surface area contributed by atoms with Crippen molar-refractivity contribution in [2.75, 3.05) is 31.7 Å². The third kappa shape index (κ3) is 6.49. The van der Waals surface area contributed by atoms with Crippen molar-refractivity contribution in [3.05, 3.63) is 58.1 Å². The van der Waals surface area contributed by atoms with Gasteiger partial charge in [0.05, 0.1) is 29.6 Å². The van der Waals surface area contributed by atoms with E-state index in [1.807, 2.05) is 19.9 Å². The minimum Gasteiger partial charge on any atom is -0.490 e. The Morgan fingerprint density at radius 2 is 1.96 bits per heavy atom. The highest BCUT2D eigenvalue weighted by Gasteiger charge is 2.51. The van der Waals surface area contributed by atoms with Gasteiger partial charge in [-0.05, 0) is 117 Å². The molecule has 47 heavy (non-hydrogen) atoms. The normalized spacial score (nSPS) is 33.8. The second-order valence-electron chi connectivity index (χ2n) is 14.8. The van der Waals surface area contributed by atoms with Crippen molar-refractivity contribution in [3.63, 3.8) is 0 Å². The zero-order chi connectivity index (χ0) is 33.7. The van der Waals surface area contributed by atoms with Crippen molar-refractivity contribution in [2.45, 2.75) is 88.4 Å². The van der Waals surface area contributed by atoms with Crippen molar-refractivity contribution in [2.24, 2.45) is 23.7 Å². The highest BCUT2D eigenvalue weighted by Crippen LogP contribution is 2.51. The number of carbonyl (C=O) groups excluding carboxylic acids is 1. The SMILES string of the molecule is CO[C@@]1(CC(=O)O)CC(C)C[C@H](C)[C@@H](C)S(=O)(=O)NC(=O)c2ccc3c(c2)N(C[C@@H]2CC[C@H]21)C[C@@]1(CCCc2cc(Cl)ccc21)CO3. The number of nitrogens with zero attached hydrogens (tertiary/aromatic N) is 1. The first-order valence-electron chi connectivity index (χ1n) is 16.9. The Hall–Kier alpha value is -2.82. The van der Waals surface area contributed by atoms with Gasteiger partial charge in [0.25, 0.3) is 5.91 Å². The molecule has 2 aromatic carbocycles. The van der Waals surface area contributed by atoms with Gasteiger partial charge in [0.1, 0.15) is 5.75 Å². The lowest BCUT2D eigenvalue weighted by atomic mass is 9.60. The Labute approximate surface area is 283 Å². The van der Waals surface area contributed by atoms with E-state index in [1.54, 1.807) is 32.2 Å². The first-order chi connectivity index (χ1) is 22.3. The Morgan fingerprint density at radius 3 is 2.66 bits per heavy atom. The molecule has 1 spiro atoms. The number of hydrogen-bond acceptors (Lipinski definition) is 7. The molecule has 2 aliphatic carbocycles. The third-order valence-electron chi connectivity index (χ3n) is 11.7. The molecule has 2 N–H and O–H groups in total. The number of halogens is 1. The fourth-order valence-corrected chi connectivity index (χ4v) is 10.5. The number of hydrogen-bond donors (Lipinski definition) is 2. The summed E-state index contributed by atoms with van der Waals surface area (Å²) >= 11 is 6.43. The van der Waals surface area contributed by atoms with Crippen LogP contribution in [-0.2, 0) is 31.4 Å². The number of ether oxygens (including phenoxy) is 2. The summed E-state index contributed by atoms with van der Waals surface area (Å²) in [5.41, 5.74) is 2.20. The van der Waals surface area contributed by atoms with Crippen LogP contribution in [0.3, 0.4) is 0 Å². The van der Waals surface area contributed by atoms with Crippen LogP contribution < -0.4 is 14.4 Å². The van der Waals surface area contributed by atoms with E-state index < -0.39 is 32.8 Å². The largest absolute Gasteiger partial charge is 0.490 e. The molecule has 1 unspecified atom stereocenters. The highest BCUT2D eigenvalue weighted by atomic mass is 35.5. The quantitative estimate of drug-likeness (QED) is 0.391. The predicted octanol–water partition coefficient (Wildman–Crippen LogP) is 6.21. The average Bonchev–Trinajstić information content (AvgIpc) is 3.14. The molecule has 2 aromatic rings. The van der Waals surface area contributed by atoms with Gasteiger partial charge in [0, 0.05) is 36.2 Å². The van der Waals surface area contributed by atoms with E-state index in [-0.39, 0.29) is 41.1 Å².